The van der Waals surface area contributed by atoms with E-state index < -0.39 is 0 Å². The summed E-state index contributed by atoms with van der Waals surface area (Å²) in [5, 5.41) is 3.24. The maximum atomic E-state index is 12.7. The van der Waals surface area contributed by atoms with E-state index >= 15 is 0 Å². The number of hydrogen-bond acceptors (Lipinski definition) is 5. The van der Waals surface area contributed by atoms with Crippen molar-refractivity contribution in [3.05, 3.63) is 39.8 Å². The van der Waals surface area contributed by atoms with E-state index in [-0.39, 0.29) is 22.9 Å². The Morgan fingerprint density at radius 2 is 1.96 bits per heavy atom. The molecule has 2 heterocycles. The van der Waals surface area contributed by atoms with Crippen molar-refractivity contribution in [2.75, 3.05) is 13.2 Å². The number of aromatic nitrogens is 2. The Bertz CT molecular complexity index is 873. The predicted octanol–water partition coefficient (Wildman–Crippen LogP) is 2.58. The Kier molecular flexibility index (Phi) is 7.52. The summed E-state index contributed by atoms with van der Waals surface area (Å²) in [5.74, 6) is -0.572. The quantitative estimate of drug-likeness (QED) is 0.539. The highest BCUT2D eigenvalue weighted by atomic mass is 16.5. The van der Waals surface area contributed by atoms with Crippen molar-refractivity contribution in [2.45, 2.75) is 53.0 Å². The first-order chi connectivity index (χ1) is 13.0. The lowest BCUT2D eigenvalue weighted by molar-refractivity contribution is -0.143. The van der Waals surface area contributed by atoms with Gasteiger partial charge in [0.1, 0.15) is 11.2 Å². The van der Waals surface area contributed by atoms with Gasteiger partial charge in [-0.2, -0.15) is 0 Å². The number of carbonyl (C=O) groups excluding carboxylic acids is 2. The zero-order chi connectivity index (χ0) is 19.8. The second-order valence-electron chi connectivity index (χ2n) is 6.35. The van der Waals surface area contributed by atoms with Crippen molar-refractivity contribution < 1.29 is 14.3 Å². The first kappa shape index (κ1) is 20.6. The molecule has 0 unspecified atom stereocenters. The number of esters is 1. The Morgan fingerprint density at radius 3 is 2.67 bits per heavy atom. The van der Waals surface area contributed by atoms with Crippen LogP contribution in [-0.2, 0) is 16.1 Å². The maximum absolute atomic E-state index is 12.7. The summed E-state index contributed by atoms with van der Waals surface area (Å²) in [6.45, 7) is 7.05. The molecule has 7 heteroatoms. The first-order valence-corrected chi connectivity index (χ1v) is 9.42. The van der Waals surface area contributed by atoms with Crippen LogP contribution >= 0.6 is 0 Å². The van der Waals surface area contributed by atoms with E-state index in [0.717, 1.165) is 25.0 Å². The largest absolute Gasteiger partial charge is 0.466 e. The minimum absolute atomic E-state index is 0.126. The molecule has 0 aliphatic rings. The third-order valence-electron chi connectivity index (χ3n) is 4.29. The molecule has 0 radical (unpaired) electrons. The van der Waals surface area contributed by atoms with Gasteiger partial charge in [-0.25, -0.2) is 4.98 Å². The normalized spacial score (nSPS) is 10.8. The molecule has 0 bridgehead atoms. The SMILES string of the molecule is CCOC(=O)CCCCCNC(=O)c1cn(CC)c2nc(C)ccc2c1=O. The number of hydrogen-bond donors (Lipinski definition) is 1. The summed E-state index contributed by atoms with van der Waals surface area (Å²) >= 11 is 0. The number of nitrogens with one attached hydrogen (secondary N) is 1. The molecule has 0 spiro atoms. The average molecular weight is 373 g/mol. The molecular formula is C20H27N3O4. The Labute approximate surface area is 158 Å². The monoisotopic (exact) mass is 373 g/mol. The van der Waals surface area contributed by atoms with Gasteiger partial charge in [-0.05, 0) is 45.7 Å². The van der Waals surface area contributed by atoms with Crippen LogP contribution < -0.4 is 10.7 Å². The van der Waals surface area contributed by atoms with E-state index in [4.69, 9.17) is 4.74 Å². The molecule has 27 heavy (non-hydrogen) atoms. The van der Waals surface area contributed by atoms with Crippen LogP contribution in [-0.4, -0.2) is 34.6 Å². The lowest BCUT2D eigenvalue weighted by atomic mass is 10.1. The van der Waals surface area contributed by atoms with Crippen LogP contribution in [0.3, 0.4) is 0 Å². The zero-order valence-corrected chi connectivity index (χ0v) is 16.2. The van der Waals surface area contributed by atoms with Gasteiger partial charge in [0.25, 0.3) is 5.91 Å². The summed E-state index contributed by atoms with van der Waals surface area (Å²) in [6.07, 6.45) is 4.23. The lowest BCUT2D eigenvalue weighted by Gasteiger charge is -2.11. The van der Waals surface area contributed by atoms with Gasteiger partial charge in [-0.3, -0.25) is 14.4 Å². The molecule has 0 aliphatic heterocycles. The number of fused-ring (bicyclic) bond motifs is 1. The fourth-order valence-electron chi connectivity index (χ4n) is 2.86. The van der Waals surface area contributed by atoms with Gasteiger partial charge in [0.15, 0.2) is 0 Å². The molecule has 0 fully saturated rings. The Balaban J connectivity index is 1.97. The first-order valence-electron chi connectivity index (χ1n) is 9.42. The molecule has 0 saturated heterocycles. The van der Waals surface area contributed by atoms with Crippen LogP contribution in [0.1, 0.15) is 55.6 Å². The predicted molar refractivity (Wildman–Crippen MR) is 104 cm³/mol. The highest BCUT2D eigenvalue weighted by Gasteiger charge is 2.15. The minimum Gasteiger partial charge on any atom is -0.466 e. The molecule has 2 aromatic heterocycles. The molecule has 146 valence electrons. The summed E-state index contributed by atoms with van der Waals surface area (Å²) in [7, 11) is 0. The second kappa shape index (κ2) is 9.85. The van der Waals surface area contributed by atoms with E-state index in [2.05, 4.69) is 10.3 Å². The van der Waals surface area contributed by atoms with Gasteiger partial charge in [-0.15, -0.1) is 0 Å². The van der Waals surface area contributed by atoms with Crippen LogP contribution in [0, 0.1) is 6.92 Å². The van der Waals surface area contributed by atoms with Gasteiger partial charge in [0.05, 0.1) is 12.0 Å². The minimum atomic E-state index is -0.380. The van der Waals surface area contributed by atoms with Gasteiger partial charge in [0, 0.05) is 31.4 Å². The van der Waals surface area contributed by atoms with Crippen molar-refractivity contribution in [3.8, 4) is 0 Å². The van der Waals surface area contributed by atoms with Gasteiger partial charge < -0.3 is 14.6 Å². The molecule has 7 nitrogen and oxygen atoms in total. The van der Waals surface area contributed by atoms with Crippen LogP contribution in [0.4, 0.5) is 0 Å². The summed E-state index contributed by atoms with van der Waals surface area (Å²) in [4.78, 5) is 40.8. The molecule has 0 aromatic carbocycles. The smallest absolute Gasteiger partial charge is 0.305 e. The Hall–Kier alpha value is -2.70. The van der Waals surface area contributed by atoms with Crippen molar-refractivity contribution in [2.24, 2.45) is 0 Å². The highest BCUT2D eigenvalue weighted by molar-refractivity contribution is 5.96. The van der Waals surface area contributed by atoms with Crippen molar-refractivity contribution in [3.63, 3.8) is 0 Å². The van der Waals surface area contributed by atoms with E-state index in [0.29, 0.717) is 37.2 Å². The van der Waals surface area contributed by atoms with Crippen molar-refractivity contribution in [1.82, 2.24) is 14.9 Å². The third-order valence-corrected chi connectivity index (χ3v) is 4.29. The van der Waals surface area contributed by atoms with Crippen molar-refractivity contribution in [1.29, 1.82) is 0 Å². The van der Waals surface area contributed by atoms with Crippen LogP contribution in [0.5, 0.6) is 0 Å². The topological polar surface area (TPSA) is 90.3 Å². The third kappa shape index (κ3) is 5.39. The number of pyridine rings is 2. The molecular weight excluding hydrogens is 346 g/mol. The van der Waals surface area contributed by atoms with Crippen molar-refractivity contribution >= 4 is 22.9 Å². The number of rotatable bonds is 9. The number of ether oxygens (including phenoxy) is 1. The fourth-order valence-corrected chi connectivity index (χ4v) is 2.86. The zero-order valence-electron chi connectivity index (χ0n) is 16.2. The number of amides is 1. The van der Waals surface area contributed by atoms with E-state index in [1.807, 2.05) is 18.4 Å². The molecule has 2 aromatic rings. The number of unbranched alkanes of at least 4 members (excludes halogenated alkanes) is 2. The van der Waals surface area contributed by atoms with E-state index in [1.165, 1.54) is 0 Å². The van der Waals surface area contributed by atoms with Gasteiger partial charge >= 0.3 is 5.97 Å². The molecule has 1 amide bonds. The highest BCUT2D eigenvalue weighted by Crippen LogP contribution is 2.11. The average Bonchev–Trinajstić information content (AvgIpc) is 2.64. The Morgan fingerprint density at radius 1 is 1.19 bits per heavy atom. The van der Waals surface area contributed by atoms with E-state index in [9.17, 15) is 14.4 Å². The maximum Gasteiger partial charge on any atom is 0.305 e. The molecule has 0 aliphatic carbocycles. The molecule has 0 saturated carbocycles. The molecule has 1 N–H and O–H groups in total. The molecule has 2 rings (SSSR count). The summed E-state index contributed by atoms with van der Waals surface area (Å²) in [6, 6.07) is 3.49. The lowest BCUT2D eigenvalue weighted by Crippen LogP contribution is -2.30. The van der Waals surface area contributed by atoms with Crippen LogP contribution in [0.15, 0.2) is 23.1 Å². The van der Waals surface area contributed by atoms with Crippen LogP contribution in [0.2, 0.25) is 0 Å². The standard InChI is InChI=1S/C20H27N3O4/c1-4-23-13-16(18(25)15-11-10-14(3)22-19(15)23)20(26)21-12-8-6-7-9-17(24)27-5-2/h10-11,13H,4-9,12H2,1-3H3,(H,21,26). The van der Waals surface area contributed by atoms with E-state index in [1.54, 1.807) is 25.3 Å². The summed E-state index contributed by atoms with van der Waals surface area (Å²) < 4.78 is 6.69. The number of nitrogens with zero attached hydrogens (tertiary/aromatic N) is 2. The fraction of sp³-hybridized carbons (Fsp3) is 0.500. The number of aryl methyl sites for hydroxylation is 2. The van der Waals surface area contributed by atoms with Gasteiger partial charge in [-0.1, -0.05) is 6.42 Å². The number of carbonyl (C=O) groups is 2. The van der Waals surface area contributed by atoms with Gasteiger partial charge in [0.2, 0.25) is 5.43 Å². The second-order valence-corrected chi connectivity index (χ2v) is 6.35. The molecule has 0 atom stereocenters. The summed E-state index contributed by atoms with van der Waals surface area (Å²) in [5.41, 5.74) is 1.24. The van der Waals surface area contributed by atoms with Crippen LogP contribution in [0.25, 0.3) is 11.0 Å².